The molecule has 0 saturated carbocycles. The lowest BCUT2D eigenvalue weighted by molar-refractivity contribution is -0.139. The van der Waals surface area contributed by atoms with Crippen molar-refractivity contribution in [1.29, 1.82) is 0 Å². The van der Waals surface area contributed by atoms with Gasteiger partial charge in [-0.25, -0.2) is 4.79 Å². The first-order valence-electron chi connectivity index (χ1n) is 9.12. The van der Waals surface area contributed by atoms with Crippen LogP contribution in [0.3, 0.4) is 0 Å². The average Bonchev–Trinajstić information content (AvgIpc) is 2.73. The molecule has 150 valence electrons. The molecule has 0 aliphatic heterocycles. The summed E-state index contributed by atoms with van der Waals surface area (Å²) < 4.78 is 21.1. The lowest BCUT2D eigenvalue weighted by Gasteiger charge is -2.08. The third-order valence-corrected chi connectivity index (χ3v) is 4.57. The molecule has 2 aromatic rings. The zero-order chi connectivity index (χ0) is 19.9. The van der Waals surface area contributed by atoms with Crippen LogP contribution in [-0.2, 0) is 30.3 Å². The van der Waals surface area contributed by atoms with E-state index in [1.807, 2.05) is 18.2 Å². The van der Waals surface area contributed by atoms with Crippen molar-refractivity contribution < 1.29 is 23.7 Å². The Bertz CT molecular complexity index is 688. The molecule has 2 aromatic carbocycles. The number of hydrogen-bond acceptors (Lipinski definition) is 6. The van der Waals surface area contributed by atoms with Gasteiger partial charge in [-0.2, -0.15) is 0 Å². The molecular formula is C22H26O5S. The SMILES string of the molecule is C=CC(=O)OCCOCCOCCOCc1ccc(Sc2ccccc2)cc1. The van der Waals surface area contributed by atoms with Gasteiger partial charge in [0.1, 0.15) is 6.61 Å². The van der Waals surface area contributed by atoms with Crippen molar-refractivity contribution in [3.63, 3.8) is 0 Å². The van der Waals surface area contributed by atoms with Crippen LogP contribution in [-0.4, -0.2) is 45.6 Å². The number of hydrogen-bond donors (Lipinski definition) is 0. The van der Waals surface area contributed by atoms with E-state index in [4.69, 9.17) is 18.9 Å². The maximum absolute atomic E-state index is 10.8. The molecule has 0 aromatic heterocycles. The summed E-state index contributed by atoms with van der Waals surface area (Å²) in [5.74, 6) is -0.443. The second-order valence-corrected chi connectivity index (χ2v) is 6.85. The molecule has 28 heavy (non-hydrogen) atoms. The highest BCUT2D eigenvalue weighted by molar-refractivity contribution is 7.99. The average molecular weight is 403 g/mol. The quantitative estimate of drug-likeness (QED) is 0.269. The second-order valence-electron chi connectivity index (χ2n) is 5.71. The molecule has 0 aliphatic carbocycles. The molecule has 0 saturated heterocycles. The topological polar surface area (TPSA) is 54.0 Å². The molecule has 2 rings (SSSR count). The monoisotopic (exact) mass is 402 g/mol. The standard InChI is InChI=1S/C22H26O5S/c1-2-22(23)27-17-16-25-13-12-24-14-15-26-18-19-8-10-21(11-9-19)28-20-6-4-3-5-7-20/h2-11H,1,12-18H2. The van der Waals surface area contributed by atoms with E-state index in [0.717, 1.165) is 11.6 Å². The Labute approximate surface area is 170 Å². The highest BCUT2D eigenvalue weighted by Crippen LogP contribution is 2.27. The number of esters is 1. The molecule has 0 aliphatic rings. The van der Waals surface area contributed by atoms with Crippen molar-refractivity contribution in [2.24, 2.45) is 0 Å². The predicted octanol–water partition coefficient (Wildman–Crippen LogP) is 4.12. The maximum atomic E-state index is 10.8. The summed E-state index contributed by atoms with van der Waals surface area (Å²) >= 11 is 1.74. The van der Waals surface area contributed by atoms with Gasteiger partial charge in [-0.15, -0.1) is 0 Å². The lowest BCUT2D eigenvalue weighted by Crippen LogP contribution is -2.13. The number of carbonyl (C=O) groups excluding carboxylic acids is 1. The highest BCUT2D eigenvalue weighted by atomic mass is 32.2. The van der Waals surface area contributed by atoms with E-state index in [2.05, 4.69) is 43.0 Å². The minimum atomic E-state index is -0.443. The summed E-state index contributed by atoms with van der Waals surface area (Å²) in [5, 5.41) is 0. The van der Waals surface area contributed by atoms with Gasteiger partial charge in [0.15, 0.2) is 0 Å². The second kappa shape index (κ2) is 14.0. The van der Waals surface area contributed by atoms with Gasteiger partial charge in [0.25, 0.3) is 0 Å². The Kier molecular flexibility index (Phi) is 11.1. The molecule has 0 unspecified atom stereocenters. The van der Waals surface area contributed by atoms with Crippen molar-refractivity contribution in [2.75, 3.05) is 39.6 Å². The molecule has 0 radical (unpaired) electrons. The van der Waals surface area contributed by atoms with Crippen LogP contribution < -0.4 is 0 Å². The molecule has 0 fully saturated rings. The van der Waals surface area contributed by atoms with Crippen LogP contribution in [0.2, 0.25) is 0 Å². The zero-order valence-electron chi connectivity index (χ0n) is 15.9. The largest absolute Gasteiger partial charge is 0.460 e. The summed E-state index contributed by atoms with van der Waals surface area (Å²) in [6.45, 7) is 6.40. The number of benzene rings is 2. The molecule has 6 heteroatoms. The van der Waals surface area contributed by atoms with Crippen LogP contribution >= 0.6 is 11.8 Å². The molecular weight excluding hydrogens is 376 g/mol. The predicted molar refractivity (Wildman–Crippen MR) is 109 cm³/mol. The molecule has 0 spiro atoms. The van der Waals surface area contributed by atoms with Crippen LogP contribution in [0.4, 0.5) is 0 Å². The van der Waals surface area contributed by atoms with E-state index >= 15 is 0 Å². The van der Waals surface area contributed by atoms with E-state index in [-0.39, 0.29) is 6.61 Å². The summed E-state index contributed by atoms with van der Waals surface area (Å²) in [6, 6.07) is 18.7. The summed E-state index contributed by atoms with van der Waals surface area (Å²) in [5.41, 5.74) is 1.13. The van der Waals surface area contributed by atoms with Crippen molar-refractivity contribution in [3.8, 4) is 0 Å². The molecule has 0 amide bonds. The van der Waals surface area contributed by atoms with Crippen LogP contribution in [0.25, 0.3) is 0 Å². The first kappa shape index (κ1) is 22.2. The normalized spacial score (nSPS) is 10.6. The first-order chi connectivity index (χ1) is 13.8. The van der Waals surface area contributed by atoms with Gasteiger partial charge in [0.2, 0.25) is 0 Å². The number of rotatable bonds is 14. The molecule has 0 bridgehead atoms. The highest BCUT2D eigenvalue weighted by Gasteiger charge is 1.99. The van der Waals surface area contributed by atoms with Crippen molar-refractivity contribution in [2.45, 2.75) is 16.4 Å². The fourth-order valence-corrected chi connectivity index (χ4v) is 3.01. The Morgan fingerprint density at radius 1 is 0.786 bits per heavy atom. The number of ether oxygens (including phenoxy) is 4. The zero-order valence-corrected chi connectivity index (χ0v) is 16.7. The Balaban J connectivity index is 1.46. The van der Waals surface area contributed by atoms with Gasteiger partial charge < -0.3 is 18.9 Å². The van der Waals surface area contributed by atoms with Crippen LogP contribution in [0, 0.1) is 0 Å². The minimum absolute atomic E-state index is 0.219. The van der Waals surface area contributed by atoms with Gasteiger partial charge in [0.05, 0.1) is 39.6 Å². The summed E-state index contributed by atoms with van der Waals surface area (Å²) in [7, 11) is 0. The van der Waals surface area contributed by atoms with Gasteiger partial charge in [-0.3, -0.25) is 0 Å². The van der Waals surface area contributed by atoms with Crippen molar-refractivity contribution in [1.82, 2.24) is 0 Å². The van der Waals surface area contributed by atoms with Gasteiger partial charge in [-0.05, 0) is 29.8 Å². The molecule has 5 nitrogen and oxygen atoms in total. The first-order valence-corrected chi connectivity index (χ1v) is 9.94. The summed E-state index contributed by atoms with van der Waals surface area (Å²) in [4.78, 5) is 13.2. The van der Waals surface area contributed by atoms with E-state index in [1.165, 1.54) is 9.79 Å². The third-order valence-electron chi connectivity index (χ3n) is 3.55. The van der Waals surface area contributed by atoms with Crippen LogP contribution in [0.1, 0.15) is 5.56 Å². The Morgan fingerprint density at radius 2 is 1.36 bits per heavy atom. The minimum Gasteiger partial charge on any atom is -0.460 e. The van der Waals surface area contributed by atoms with E-state index in [0.29, 0.717) is 39.6 Å². The maximum Gasteiger partial charge on any atom is 0.330 e. The Hall–Kier alpha value is -2.12. The lowest BCUT2D eigenvalue weighted by atomic mass is 10.2. The molecule has 0 heterocycles. The van der Waals surface area contributed by atoms with Gasteiger partial charge in [0, 0.05) is 15.9 Å². The van der Waals surface area contributed by atoms with E-state index in [1.54, 1.807) is 11.8 Å². The van der Waals surface area contributed by atoms with Gasteiger partial charge >= 0.3 is 5.97 Å². The third kappa shape index (κ3) is 9.71. The smallest absolute Gasteiger partial charge is 0.330 e. The fraction of sp³-hybridized carbons (Fsp3) is 0.318. The van der Waals surface area contributed by atoms with E-state index in [9.17, 15) is 4.79 Å². The van der Waals surface area contributed by atoms with Crippen molar-refractivity contribution in [3.05, 3.63) is 72.8 Å². The van der Waals surface area contributed by atoms with Crippen LogP contribution in [0.5, 0.6) is 0 Å². The Morgan fingerprint density at radius 3 is 2.00 bits per heavy atom. The fourth-order valence-electron chi connectivity index (χ4n) is 2.17. The van der Waals surface area contributed by atoms with Crippen molar-refractivity contribution >= 4 is 17.7 Å². The number of carbonyl (C=O) groups is 1. The van der Waals surface area contributed by atoms with E-state index < -0.39 is 5.97 Å². The molecule has 0 atom stereocenters. The van der Waals surface area contributed by atoms with Crippen LogP contribution in [0.15, 0.2) is 77.0 Å². The van der Waals surface area contributed by atoms with Gasteiger partial charge in [-0.1, -0.05) is 48.7 Å². The summed E-state index contributed by atoms with van der Waals surface area (Å²) in [6.07, 6.45) is 1.13. The molecule has 0 N–H and O–H groups in total.